The van der Waals surface area contributed by atoms with Gasteiger partial charge in [0.15, 0.2) is 5.41 Å². The number of nitrogens with zero attached hydrogens (tertiary/aromatic N) is 4. The summed E-state index contributed by atoms with van der Waals surface area (Å²) in [6, 6.07) is 9.38. The van der Waals surface area contributed by atoms with E-state index < -0.39 is 28.6 Å². The lowest BCUT2D eigenvalue weighted by molar-refractivity contribution is -0.280. The summed E-state index contributed by atoms with van der Waals surface area (Å²) in [5.74, 6) is -2.24. The zero-order chi connectivity index (χ0) is 17.6. The number of fused-ring (bicyclic) bond motifs is 2. The summed E-state index contributed by atoms with van der Waals surface area (Å²) in [7, 11) is 0. The molecule has 7 heteroatoms. The Bertz CT molecular complexity index is 804. The van der Waals surface area contributed by atoms with Gasteiger partial charge in [-0.3, -0.25) is 10.4 Å². The van der Waals surface area contributed by atoms with Gasteiger partial charge in [0.1, 0.15) is 6.10 Å². The Labute approximate surface area is 139 Å². The third-order valence-corrected chi connectivity index (χ3v) is 5.28. The average Bonchev–Trinajstić information content (AvgIpc) is 2.78. The van der Waals surface area contributed by atoms with Gasteiger partial charge in [0.2, 0.25) is 17.1 Å². The van der Waals surface area contributed by atoms with Crippen molar-refractivity contribution in [2.75, 3.05) is 0 Å². The van der Waals surface area contributed by atoms with Crippen molar-refractivity contribution in [1.82, 2.24) is 4.98 Å². The normalized spacial score (nSPS) is 36.0. The molecule has 0 unspecified atom stereocenters. The Kier molecular flexibility index (Phi) is 3.34. The predicted octanol–water partition coefficient (Wildman–Crippen LogP) is 2.45. The van der Waals surface area contributed by atoms with Crippen LogP contribution in [0.25, 0.3) is 0 Å². The summed E-state index contributed by atoms with van der Waals surface area (Å²) in [5.41, 5.74) is -3.11. The molecule has 2 saturated heterocycles. The number of rotatable bonds is 2. The molecule has 0 aliphatic carbocycles. The molecule has 2 bridgehead atoms. The molecule has 0 radical (unpaired) electrons. The molecule has 3 rings (SSSR count). The molecule has 2 aliphatic rings. The minimum absolute atomic E-state index is 0.379. The highest BCUT2D eigenvalue weighted by Gasteiger charge is 2.78. The van der Waals surface area contributed by atoms with Crippen LogP contribution in [0.1, 0.15) is 31.9 Å². The van der Waals surface area contributed by atoms with Gasteiger partial charge in [0, 0.05) is 24.4 Å². The summed E-state index contributed by atoms with van der Waals surface area (Å²) in [6.45, 7) is 3.51. The molecule has 7 nitrogen and oxygen atoms in total. The fraction of sp³-hybridized carbons (Fsp3) is 0.471. The maximum absolute atomic E-state index is 9.94. The van der Waals surface area contributed by atoms with Crippen LogP contribution in [0.2, 0.25) is 0 Å². The Morgan fingerprint density at radius 2 is 2.00 bits per heavy atom. The molecule has 3 heterocycles. The second kappa shape index (κ2) is 5.03. The van der Waals surface area contributed by atoms with Crippen molar-refractivity contribution >= 4 is 5.90 Å². The van der Waals surface area contributed by atoms with Gasteiger partial charge in [-0.15, -0.1) is 0 Å². The van der Waals surface area contributed by atoms with Crippen LogP contribution in [0.4, 0.5) is 0 Å². The van der Waals surface area contributed by atoms with E-state index in [4.69, 9.17) is 14.9 Å². The topological polar surface area (TPSA) is 127 Å². The lowest BCUT2D eigenvalue weighted by Gasteiger charge is -2.48. The Morgan fingerprint density at radius 3 is 2.50 bits per heavy atom. The molecular formula is C17H15N5O2. The number of nitrogens with one attached hydrogen (secondary N) is 1. The number of ether oxygens (including phenoxy) is 2. The second-order valence-electron chi connectivity index (χ2n) is 6.05. The highest BCUT2D eigenvalue weighted by Crippen LogP contribution is 2.66. The molecule has 0 saturated carbocycles. The Morgan fingerprint density at radius 1 is 1.29 bits per heavy atom. The van der Waals surface area contributed by atoms with Crippen molar-refractivity contribution in [2.45, 2.75) is 32.2 Å². The van der Waals surface area contributed by atoms with E-state index in [0.717, 1.165) is 0 Å². The minimum Gasteiger partial charge on any atom is -0.447 e. The molecule has 120 valence electrons. The van der Waals surface area contributed by atoms with Gasteiger partial charge in [-0.25, -0.2) is 0 Å². The number of hydrogen-bond acceptors (Lipinski definition) is 7. The van der Waals surface area contributed by atoms with E-state index in [2.05, 4.69) is 11.1 Å². The highest BCUT2D eigenvalue weighted by atomic mass is 16.7. The van der Waals surface area contributed by atoms with Crippen LogP contribution in [0.5, 0.6) is 0 Å². The van der Waals surface area contributed by atoms with Gasteiger partial charge in [0.25, 0.3) is 0 Å². The first-order valence-corrected chi connectivity index (χ1v) is 7.57. The van der Waals surface area contributed by atoms with E-state index in [1.807, 2.05) is 19.1 Å². The summed E-state index contributed by atoms with van der Waals surface area (Å²) in [5, 5.41) is 38.0. The fourth-order valence-electron chi connectivity index (χ4n) is 3.87. The van der Waals surface area contributed by atoms with E-state index in [0.29, 0.717) is 12.0 Å². The number of nitriles is 3. The van der Waals surface area contributed by atoms with Crippen LogP contribution >= 0.6 is 0 Å². The largest absolute Gasteiger partial charge is 0.447 e. The van der Waals surface area contributed by atoms with Gasteiger partial charge < -0.3 is 9.47 Å². The Hall–Kier alpha value is -2.95. The molecular weight excluding hydrogens is 306 g/mol. The SMILES string of the molecule is CC[C@@]12OC(=N)[C@](C#N)([C@H]1C)C(C#N)(C#N)[C@H](c1cccnc1)O2. The quantitative estimate of drug-likeness (QED) is 0.891. The van der Waals surface area contributed by atoms with Crippen molar-refractivity contribution in [2.24, 2.45) is 16.7 Å². The number of aromatic nitrogens is 1. The molecule has 2 fully saturated rings. The molecule has 1 aromatic heterocycles. The van der Waals surface area contributed by atoms with E-state index in [1.165, 1.54) is 6.20 Å². The van der Waals surface area contributed by atoms with Crippen molar-refractivity contribution < 1.29 is 9.47 Å². The lowest BCUT2D eigenvalue weighted by atomic mass is 9.54. The highest BCUT2D eigenvalue weighted by molar-refractivity contribution is 5.89. The van der Waals surface area contributed by atoms with Crippen molar-refractivity contribution in [3.8, 4) is 18.2 Å². The fourth-order valence-corrected chi connectivity index (χ4v) is 3.87. The van der Waals surface area contributed by atoms with Gasteiger partial charge in [-0.1, -0.05) is 19.9 Å². The van der Waals surface area contributed by atoms with Crippen LogP contribution < -0.4 is 0 Å². The van der Waals surface area contributed by atoms with Gasteiger partial charge >= 0.3 is 0 Å². The molecule has 0 amide bonds. The average molecular weight is 321 g/mol. The summed E-state index contributed by atoms with van der Waals surface area (Å²) < 4.78 is 11.8. The van der Waals surface area contributed by atoms with Crippen molar-refractivity contribution in [1.29, 1.82) is 21.2 Å². The molecule has 0 aromatic carbocycles. The number of pyridine rings is 1. The van der Waals surface area contributed by atoms with Gasteiger partial charge in [-0.2, -0.15) is 15.8 Å². The predicted molar refractivity (Wildman–Crippen MR) is 80.8 cm³/mol. The van der Waals surface area contributed by atoms with E-state index in [-0.39, 0.29) is 5.90 Å². The van der Waals surface area contributed by atoms with E-state index >= 15 is 0 Å². The molecule has 1 aromatic rings. The standard InChI is InChI=1S/C17H15N5O2/c1-3-17-11(2)16(10-20,14(21)24-17)15(8-18,9-19)13(23-17)12-5-4-6-22-7-12/h4-7,11,13,21H,3H2,1-2H3/t11-,13+,16+,17-/m1/s1. The smallest absolute Gasteiger partial charge is 0.217 e. The second-order valence-corrected chi connectivity index (χ2v) is 6.05. The van der Waals surface area contributed by atoms with Crippen LogP contribution in [0.3, 0.4) is 0 Å². The third-order valence-electron chi connectivity index (χ3n) is 5.28. The molecule has 2 aliphatic heterocycles. The first kappa shape index (κ1) is 15.9. The maximum Gasteiger partial charge on any atom is 0.217 e. The van der Waals surface area contributed by atoms with E-state index in [1.54, 1.807) is 25.3 Å². The van der Waals surface area contributed by atoms with Crippen LogP contribution in [-0.2, 0) is 9.47 Å². The first-order valence-electron chi connectivity index (χ1n) is 7.57. The van der Waals surface area contributed by atoms with Crippen LogP contribution in [0.15, 0.2) is 24.5 Å². The first-order chi connectivity index (χ1) is 11.5. The molecule has 4 atom stereocenters. The van der Waals surface area contributed by atoms with Crippen molar-refractivity contribution in [3.63, 3.8) is 0 Å². The lowest BCUT2D eigenvalue weighted by Crippen LogP contribution is -2.58. The van der Waals surface area contributed by atoms with Gasteiger partial charge in [0.05, 0.1) is 24.1 Å². The van der Waals surface area contributed by atoms with Gasteiger partial charge in [-0.05, 0) is 6.07 Å². The zero-order valence-corrected chi connectivity index (χ0v) is 13.3. The zero-order valence-electron chi connectivity index (χ0n) is 13.3. The third kappa shape index (κ3) is 1.51. The summed E-state index contributed by atoms with van der Waals surface area (Å²) in [6.07, 6.45) is 2.41. The Balaban J connectivity index is 2.34. The minimum atomic E-state index is -1.91. The van der Waals surface area contributed by atoms with E-state index in [9.17, 15) is 15.8 Å². The van der Waals surface area contributed by atoms with Crippen LogP contribution in [-0.4, -0.2) is 16.7 Å². The summed E-state index contributed by atoms with van der Waals surface area (Å²) >= 11 is 0. The summed E-state index contributed by atoms with van der Waals surface area (Å²) in [4.78, 5) is 4.02. The molecule has 0 spiro atoms. The number of hydrogen-bond donors (Lipinski definition) is 1. The maximum atomic E-state index is 9.94. The monoisotopic (exact) mass is 321 g/mol. The van der Waals surface area contributed by atoms with Crippen molar-refractivity contribution in [3.05, 3.63) is 30.1 Å². The van der Waals surface area contributed by atoms with Crippen LogP contribution in [0, 0.1) is 56.2 Å². The molecule has 1 N–H and O–H groups in total. The molecule has 24 heavy (non-hydrogen) atoms.